The molecule has 260 valence electrons. The van der Waals surface area contributed by atoms with Crippen LogP contribution in [0.3, 0.4) is 0 Å². The molecule has 3 atom stereocenters. The number of aromatic amines is 1. The molecule has 3 unspecified atom stereocenters. The first-order valence-electron chi connectivity index (χ1n) is 15.6. The number of amides is 1. The summed E-state index contributed by atoms with van der Waals surface area (Å²) in [5.74, 6) is 0.0848. The fourth-order valence-electron chi connectivity index (χ4n) is 6.30. The summed E-state index contributed by atoms with van der Waals surface area (Å²) in [7, 11) is 3.41. The van der Waals surface area contributed by atoms with E-state index in [4.69, 9.17) is 28.1 Å². The van der Waals surface area contributed by atoms with Gasteiger partial charge in [-0.1, -0.05) is 36.7 Å². The molecule has 2 aliphatic rings. The van der Waals surface area contributed by atoms with Gasteiger partial charge < -0.3 is 43.3 Å². The van der Waals surface area contributed by atoms with E-state index in [0.29, 0.717) is 68.4 Å². The maximum Gasteiger partial charge on any atom is 0.335 e. The number of alkyl halides is 1. The predicted molar refractivity (Wildman–Crippen MR) is 189 cm³/mol. The third-order valence-electron chi connectivity index (χ3n) is 9.77. The van der Waals surface area contributed by atoms with Crippen LogP contribution < -0.4 is 28.9 Å². The van der Waals surface area contributed by atoms with E-state index < -0.39 is 31.9 Å². The van der Waals surface area contributed by atoms with Crippen LogP contribution in [-0.4, -0.2) is 77.0 Å². The monoisotopic (exact) mass is 745 g/mol. The minimum absolute atomic E-state index is 0.169. The number of H-pyrrole nitrogens is 1. The van der Waals surface area contributed by atoms with Crippen LogP contribution in [0.4, 0.5) is 11.4 Å². The van der Waals surface area contributed by atoms with Gasteiger partial charge in [0, 0.05) is 41.7 Å². The second-order valence-corrected chi connectivity index (χ2v) is 19.2. The number of hydrogen-bond donors (Lipinski definition) is 2. The molecule has 1 aromatic heterocycles. The van der Waals surface area contributed by atoms with Gasteiger partial charge in [0.2, 0.25) is 5.75 Å². The van der Waals surface area contributed by atoms with Gasteiger partial charge in [-0.05, 0) is 42.8 Å². The number of anilines is 2. The highest BCUT2D eigenvalue weighted by atomic mass is 79.9. The third-order valence-corrected chi connectivity index (χ3v) is 14.9. The summed E-state index contributed by atoms with van der Waals surface area (Å²) in [4.78, 5) is 45.4. The fraction of sp³-hybridized carbons (Fsp3) is 0.500. The van der Waals surface area contributed by atoms with Gasteiger partial charge >= 0.3 is 11.9 Å². The Morgan fingerprint density at radius 3 is 2.21 bits per heavy atom. The van der Waals surface area contributed by atoms with Gasteiger partial charge in [0.05, 0.1) is 45.3 Å². The third kappa shape index (κ3) is 5.56. The van der Waals surface area contributed by atoms with Gasteiger partial charge in [0.1, 0.15) is 11.4 Å². The summed E-state index contributed by atoms with van der Waals surface area (Å²) >= 11 is 3.67. The minimum atomic E-state index is -2.47. The van der Waals surface area contributed by atoms with E-state index in [1.165, 1.54) is 35.4 Å². The van der Waals surface area contributed by atoms with E-state index in [9.17, 15) is 14.4 Å². The van der Waals surface area contributed by atoms with Crippen LogP contribution in [0.15, 0.2) is 18.2 Å². The lowest BCUT2D eigenvalue weighted by Crippen LogP contribution is -2.47. The van der Waals surface area contributed by atoms with Gasteiger partial charge in [-0.25, -0.2) is 4.79 Å². The second kappa shape index (κ2) is 12.5. The highest BCUT2D eigenvalue weighted by molar-refractivity contribution is 9.09. The molecule has 3 aromatic rings. The lowest BCUT2D eigenvalue weighted by molar-refractivity contribution is -0.158. The van der Waals surface area contributed by atoms with E-state index in [1.54, 1.807) is 24.0 Å². The van der Waals surface area contributed by atoms with Crippen molar-refractivity contribution < 1.29 is 42.5 Å². The molecule has 3 heterocycles. The average molecular weight is 747 g/mol. The van der Waals surface area contributed by atoms with Crippen molar-refractivity contribution >= 4 is 64.4 Å². The van der Waals surface area contributed by atoms with Crippen molar-refractivity contribution in [2.24, 2.45) is 0 Å². The van der Waals surface area contributed by atoms with Gasteiger partial charge in [-0.3, -0.25) is 9.59 Å². The Morgan fingerprint density at radius 1 is 1.00 bits per heavy atom. The Kier molecular flexibility index (Phi) is 9.23. The smallest absolute Gasteiger partial charge is 0.335 e. The van der Waals surface area contributed by atoms with Crippen LogP contribution in [0.1, 0.15) is 68.3 Å². The number of fused-ring (bicyclic) bond motifs is 4. The highest BCUT2D eigenvalue weighted by Gasteiger charge is 2.56. The highest BCUT2D eigenvalue weighted by Crippen LogP contribution is 2.57. The molecule has 0 aliphatic carbocycles. The van der Waals surface area contributed by atoms with E-state index in [0.717, 1.165) is 5.56 Å². The number of nitrogens with one attached hydrogen (secondary N) is 2. The molecule has 2 aliphatic heterocycles. The van der Waals surface area contributed by atoms with Crippen LogP contribution in [-0.2, 0) is 19.1 Å². The van der Waals surface area contributed by atoms with Crippen LogP contribution in [0, 0.1) is 0 Å². The Morgan fingerprint density at radius 2 is 1.67 bits per heavy atom. The number of esters is 2. The number of benzene rings is 2. The Hall–Kier alpha value is -3.91. The Bertz CT molecular complexity index is 1800. The number of rotatable bonds is 9. The number of nitrogens with zero attached hydrogens (tertiary/aromatic N) is 1. The summed E-state index contributed by atoms with van der Waals surface area (Å²) in [5, 5.41) is 4.37. The predicted octanol–water partition coefficient (Wildman–Crippen LogP) is 6.68. The molecule has 0 saturated carbocycles. The molecular weight excluding hydrogens is 702 g/mol. The van der Waals surface area contributed by atoms with E-state index >= 15 is 0 Å². The molecule has 0 bridgehead atoms. The quantitative estimate of drug-likeness (QED) is 0.139. The van der Waals surface area contributed by atoms with Crippen molar-refractivity contribution in [3.63, 3.8) is 0 Å². The maximum atomic E-state index is 14.5. The fourth-order valence-corrected chi connectivity index (χ4v) is 7.85. The largest absolute Gasteiger partial charge is 0.542 e. The SMILES string of the molecule is COC(=O)C1(C)Nc2c(O[Si](C)(C)C(C)(C)C)cc3c(c2C1OC(C)=O)C(CBr)CN3C(=O)c1cc2cc(OC)c(OC)c(OC)c2[nH]1. The van der Waals surface area contributed by atoms with E-state index in [-0.39, 0.29) is 16.9 Å². The molecule has 12 nitrogen and oxygen atoms in total. The molecule has 1 amide bonds. The van der Waals surface area contributed by atoms with Crippen molar-refractivity contribution in [2.75, 3.05) is 50.5 Å². The standard InChI is InChI=1S/C34H44BrN3O9Si/c1-17(39)46-30-25-24-19(15-35)16-38(31(40)20-12-18-13-23(42-6)28(43-7)29(44-8)26(18)36-20)21(24)14-22(47-48(10,11)33(2,3)4)27(25)37-34(30,5)32(41)45-9/h12-14,19,30,36-37H,15-16H2,1-11H3. The summed E-state index contributed by atoms with van der Waals surface area (Å²) in [6, 6.07) is 5.40. The molecule has 0 fully saturated rings. The Balaban J connectivity index is 1.74. The number of halogens is 1. The molecule has 5 rings (SSSR count). The Labute approximate surface area is 290 Å². The lowest BCUT2D eigenvalue weighted by atomic mass is 9.87. The molecule has 0 spiro atoms. The van der Waals surface area contributed by atoms with Crippen LogP contribution >= 0.6 is 15.9 Å². The van der Waals surface area contributed by atoms with Gasteiger partial charge in [0.15, 0.2) is 23.1 Å². The minimum Gasteiger partial charge on any atom is -0.542 e. The van der Waals surface area contributed by atoms with E-state index in [1.807, 2.05) is 6.07 Å². The zero-order valence-corrected chi connectivity index (χ0v) is 31.9. The first-order chi connectivity index (χ1) is 22.5. The number of carbonyl (C=O) groups excluding carboxylic acids is 3. The number of aromatic nitrogens is 1. The van der Waals surface area contributed by atoms with Crippen molar-refractivity contribution in [1.82, 2.24) is 4.98 Å². The lowest BCUT2D eigenvalue weighted by Gasteiger charge is -2.37. The number of carbonyl (C=O) groups is 3. The van der Waals surface area contributed by atoms with Crippen molar-refractivity contribution in [3.8, 4) is 23.0 Å². The van der Waals surface area contributed by atoms with Gasteiger partial charge in [0.25, 0.3) is 14.2 Å². The average Bonchev–Trinajstić information content (AvgIpc) is 3.70. The van der Waals surface area contributed by atoms with Crippen molar-refractivity contribution in [2.45, 2.75) is 70.3 Å². The molecule has 2 aromatic carbocycles. The molecule has 0 radical (unpaired) electrons. The number of methoxy groups -OCH3 is 4. The zero-order chi connectivity index (χ0) is 35.5. The van der Waals surface area contributed by atoms with E-state index in [2.05, 4.69) is 60.1 Å². The van der Waals surface area contributed by atoms with Crippen LogP contribution in [0.5, 0.6) is 23.0 Å². The van der Waals surface area contributed by atoms with Crippen molar-refractivity contribution in [1.29, 1.82) is 0 Å². The summed E-state index contributed by atoms with van der Waals surface area (Å²) < 4.78 is 34.8. The van der Waals surface area contributed by atoms with Crippen LogP contribution in [0.25, 0.3) is 10.9 Å². The molecular formula is C34H44BrN3O9Si. The van der Waals surface area contributed by atoms with Crippen molar-refractivity contribution in [3.05, 3.63) is 35.0 Å². The topological polar surface area (TPSA) is 138 Å². The summed E-state index contributed by atoms with van der Waals surface area (Å²) in [5.41, 5.74) is 1.97. The normalized spacial score (nSPS) is 20.1. The first-order valence-corrected chi connectivity index (χ1v) is 19.6. The zero-order valence-electron chi connectivity index (χ0n) is 29.3. The summed E-state index contributed by atoms with van der Waals surface area (Å²) in [6.07, 6.45) is -1.05. The summed E-state index contributed by atoms with van der Waals surface area (Å²) in [6.45, 7) is 13.9. The molecule has 2 N–H and O–H groups in total. The van der Waals surface area contributed by atoms with Crippen LogP contribution in [0.2, 0.25) is 18.1 Å². The number of ether oxygens (including phenoxy) is 5. The first kappa shape index (κ1) is 35.4. The van der Waals surface area contributed by atoms with Gasteiger partial charge in [-0.2, -0.15) is 0 Å². The molecule has 48 heavy (non-hydrogen) atoms. The molecule has 0 saturated heterocycles. The maximum absolute atomic E-state index is 14.5. The number of hydrogen-bond acceptors (Lipinski definition) is 10. The van der Waals surface area contributed by atoms with Gasteiger partial charge in [-0.15, -0.1) is 0 Å². The second-order valence-electron chi connectivity index (χ2n) is 13.8. The molecule has 14 heteroatoms.